The molecule has 2 aromatic rings. The monoisotopic (exact) mass is 552 g/mol. The molecule has 0 spiro atoms. The highest BCUT2D eigenvalue weighted by molar-refractivity contribution is 5.98. The second kappa shape index (κ2) is 14.2. The third-order valence-corrected chi connectivity index (χ3v) is 6.47. The Balaban J connectivity index is 1.93. The summed E-state index contributed by atoms with van der Waals surface area (Å²) in [4.78, 5) is 71.1. The number of benzene rings is 1. The van der Waals surface area contributed by atoms with Gasteiger partial charge in [0.1, 0.15) is 18.1 Å². The molecule has 1 aromatic carbocycles. The third-order valence-electron chi connectivity index (χ3n) is 6.47. The minimum atomic E-state index is -1.32. The average Bonchev–Trinajstić information content (AvgIpc) is 2.93. The van der Waals surface area contributed by atoms with Crippen LogP contribution in [0.5, 0.6) is 0 Å². The molecule has 0 unspecified atom stereocenters. The van der Waals surface area contributed by atoms with E-state index >= 15 is 0 Å². The van der Waals surface area contributed by atoms with Crippen molar-refractivity contribution in [2.75, 3.05) is 19.6 Å². The van der Waals surface area contributed by atoms with E-state index in [4.69, 9.17) is 0 Å². The lowest BCUT2D eigenvalue weighted by atomic mass is 10.0. The number of nitrogens with zero attached hydrogens (tertiary/aromatic N) is 2. The molecule has 1 aromatic heterocycles. The molecule has 1 aliphatic rings. The van der Waals surface area contributed by atoms with Gasteiger partial charge in [0.05, 0.1) is 12.6 Å². The molecule has 12 heteroatoms. The van der Waals surface area contributed by atoms with Gasteiger partial charge in [0.2, 0.25) is 23.6 Å². The standard InChI is InChI=1S/C28H36N6O6/c1-17(2)23-27(39)31-21(15-19-7-5-4-6-8-19)25(37)33-24(18(3)35)26(38)30-13-14-34(16-22(36)32-23)28(40)20-9-11-29-12-10-20/h4-12,17-18,21,23-24,35H,13-16H2,1-3H3,(H,30,38)(H,31,39)(H,32,36)(H,33,37)/t18-,21+,23-,24+/m1/s1. The number of rotatable bonds is 5. The number of hydrogen-bond acceptors (Lipinski definition) is 7. The Labute approximate surface area is 232 Å². The maximum absolute atomic E-state index is 13.4. The van der Waals surface area contributed by atoms with E-state index in [2.05, 4.69) is 26.3 Å². The Morgan fingerprint density at radius 2 is 1.60 bits per heavy atom. The van der Waals surface area contributed by atoms with E-state index in [0.29, 0.717) is 5.56 Å². The summed E-state index contributed by atoms with van der Waals surface area (Å²) in [6.45, 7) is 4.38. The molecule has 5 amide bonds. The van der Waals surface area contributed by atoms with Crippen LogP contribution < -0.4 is 21.3 Å². The van der Waals surface area contributed by atoms with Crippen molar-refractivity contribution in [2.45, 2.75) is 51.4 Å². The summed E-state index contributed by atoms with van der Waals surface area (Å²) in [7, 11) is 0. The molecule has 214 valence electrons. The molecule has 1 saturated heterocycles. The molecule has 0 saturated carbocycles. The van der Waals surface area contributed by atoms with Crippen LogP contribution in [0.2, 0.25) is 0 Å². The number of carbonyl (C=O) groups excluding carboxylic acids is 5. The van der Waals surface area contributed by atoms with Crippen LogP contribution in [-0.2, 0) is 25.6 Å². The SMILES string of the molecule is CC(C)[C@H]1NC(=O)CN(C(=O)c2ccncc2)CCNC(=O)[C@H]([C@@H](C)O)NC(=O)[C@H](Cc2ccccc2)NC1=O. The van der Waals surface area contributed by atoms with Gasteiger partial charge in [-0.1, -0.05) is 44.2 Å². The van der Waals surface area contributed by atoms with Crippen molar-refractivity contribution in [3.05, 3.63) is 66.0 Å². The van der Waals surface area contributed by atoms with Gasteiger partial charge >= 0.3 is 0 Å². The molecule has 3 rings (SSSR count). The van der Waals surface area contributed by atoms with Gasteiger partial charge in [-0.15, -0.1) is 0 Å². The molecule has 0 radical (unpaired) electrons. The van der Waals surface area contributed by atoms with Gasteiger partial charge in [-0.05, 0) is 30.5 Å². The molecule has 12 nitrogen and oxygen atoms in total. The number of nitrogens with one attached hydrogen (secondary N) is 4. The molecule has 1 aliphatic heterocycles. The first-order chi connectivity index (χ1) is 19.1. The van der Waals surface area contributed by atoms with Gasteiger partial charge in [0.15, 0.2) is 0 Å². The molecule has 0 bridgehead atoms. The van der Waals surface area contributed by atoms with Crippen LogP contribution in [0.25, 0.3) is 0 Å². The van der Waals surface area contributed by atoms with E-state index in [1.165, 1.54) is 36.4 Å². The van der Waals surface area contributed by atoms with Gasteiger partial charge in [-0.3, -0.25) is 29.0 Å². The topological polar surface area (TPSA) is 170 Å². The summed E-state index contributed by atoms with van der Waals surface area (Å²) < 4.78 is 0. The number of amides is 5. The van der Waals surface area contributed by atoms with Crippen LogP contribution in [0, 0.1) is 5.92 Å². The van der Waals surface area contributed by atoms with Gasteiger partial charge < -0.3 is 31.3 Å². The molecule has 5 N–H and O–H groups in total. The first-order valence-corrected chi connectivity index (χ1v) is 13.2. The summed E-state index contributed by atoms with van der Waals surface area (Å²) in [6, 6.07) is 8.58. The van der Waals surface area contributed by atoms with Crippen LogP contribution in [0.1, 0.15) is 36.7 Å². The first kappa shape index (κ1) is 30.2. The molecule has 40 heavy (non-hydrogen) atoms. The van der Waals surface area contributed by atoms with Crippen molar-refractivity contribution in [3.63, 3.8) is 0 Å². The second-order valence-electron chi connectivity index (χ2n) is 10.0. The first-order valence-electron chi connectivity index (χ1n) is 13.2. The number of aliphatic hydroxyl groups excluding tert-OH is 1. The predicted molar refractivity (Wildman–Crippen MR) is 146 cm³/mol. The molecule has 1 fully saturated rings. The molecular weight excluding hydrogens is 516 g/mol. The van der Waals surface area contributed by atoms with Gasteiger partial charge in [-0.25, -0.2) is 0 Å². The van der Waals surface area contributed by atoms with Crippen LogP contribution in [0.4, 0.5) is 0 Å². The maximum Gasteiger partial charge on any atom is 0.254 e. The number of pyridine rings is 1. The largest absolute Gasteiger partial charge is 0.391 e. The van der Waals surface area contributed by atoms with Gasteiger partial charge in [0, 0.05) is 37.5 Å². The normalized spacial score (nSPS) is 22.2. The maximum atomic E-state index is 13.4. The molecule has 0 aliphatic carbocycles. The second-order valence-corrected chi connectivity index (χ2v) is 10.0. The van der Waals surface area contributed by atoms with Crippen molar-refractivity contribution in [2.24, 2.45) is 5.92 Å². The van der Waals surface area contributed by atoms with E-state index in [0.717, 1.165) is 5.56 Å². The smallest absolute Gasteiger partial charge is 0.254 e. The fourth-order valence-corrected chi connectivity index (χ4v) is 4.26. The Hall–Kier alpha value is -4.32. The van der Waals surface area contributed by atoms with Crippen molar-refractivity contribution in [1.82, 2.24) is 31.2 Å². The van der Waals surface area contributed by atoms with Crippen LogP contribution in [-0.4, -0.2) is 88.4 Å². The van der Waals surface area contributed by atoms with Crippen molar-refractivity contribution < 1.29 is 29.1 Å². The van der Waals surface area contributed by atoms with Crippen LogP contribution in [0.15, 0.2) is 54.9 Å². The summed E-state index contributed by atoms with van der Waals surface area (Å²) in [5.41, 5.74) is 1.05. The van der Waals surface area contributed by atoms with Crippen LogP contribution in [0.3, 0.4) is 0 Å². The van der Waals surface area contributed by atoms with E-state index < -0.39 is 53.8 Å². The zero-order chi connectivity index (χ0) is 29.2. The highest BCUT2D eigenvalue weighted by Crippen LogP contribution is 2.09. The van der Waals surface area contributed by atoms with Gasteiger partial charge in [0.25, 0.3) is 5.91 Å². The third kappa shape index (κ3) is 8.34. The fraction of sp³-hybridized carbons (Fsp3) is 0.429. The molecule has 2 heterocycles. The fourth-order valence-electron chi connectivity index (χ4n) is 4.26. The van der Waals surface area contributed by atoms with E-state index in [1.54, 1.807) is 38.1 Å². The highest BCUT2D eigenvalue weighted by Gasteiger charge is 2.33. The average molecular weight is 553 g/mol. The zero-order valence-electron chi connectivity index (χ0n) is 22.8. The molecular formula is C28H36N6O6. The number of hydrogen-bond donors (Lipinski definition) is 5. The predicted octanol–water partition coefficient (Wildman–Crippen LogP) is -0.612. The van der Waals surface area contributed by atoms with E-state index in [-0.39, 0.29) is 32.0 Å². The highest BCUT2D eigenvalue weighted by atomic mass is 16.3. The minimum absolute atomic E-state index is 0.0457. The lowest BCUT2D eigenvalue weighted by Gasteiger charge is -2.27. The Morgan fingerprint density at radius 3 is 2.23 bits per heavy atom. The van der Waals surface area contributed by atoms with E-state index in [9.17, 15) is 29.1 Å². The summed E-state index contributed by atoms with van der Waals surface area (Å²) in [5, 5.41) is 20.9. The number of aromatic nitrogens is 1. The van der Waals surface area contributed by atoms with Crippen molar-refractivity contribution >= 4 is 29.5 Å². The lowest BCUT2D eigenvalue weighted by molar-refractivity contribution is -0.135. The Kier molecular flexibility index (Phi) is 10.7. The molecule has 4 atom stereocenters. The van der Waals surface area contributed by atoms with Crippen molar-refractivity contribution in [1.29, 1.82) is 0 Å². The quantitative estimate of drug-likeness (QED) is 0.329. The minimum Gasteiger partial charge on any atom is -0.391 e. The summed E-state index contributed by atoms with van der Waals surface area (Å²) in [6.07, 6.45) is 1.75. The van der Waals surface area contributed by atoms with Crippen molar-refractivity contribution in [3.8, 4) is 0 Å². The Morgan fingerprint density at radius 1 is 0.925 bits per heavy atom. The summed E-state index contributed by atoms with van der Waals surface area (Å²) in [5.74, 6) is -3.34. The van der Waals surface area contributed by atoms with Gasteiger partial charge in [-0.2, -0.15) is 0 Å². The Bertz CT molecular complexity index is 1190. The number of carbonyl (C=O) groups is 5. The number of aliphatic hydroxyl groups is 1. The lowest BCUT2D eigenvalue weighted by Crippen LogP contribution is -2.60. The van der Waals surface area contributed by atoms with E-state index in [1.807, 2.05) is 6.07 Å². The summed E-state index contributed by atoms with van der Waals surface area (Å²) >= 11 is 0. The zero-order valence-corrected chi connectivity index (χ0v) is 22.8. The van der Waals surface area contributed by atoms with Crippen LogP contribution >= 0.6 is 0 Å².